The van der Waals surface area contributed by atoms with Crippen molar-refractivity contribution < 1.29 is 23.9 Å². The number of carbonyl (C=O) groups is 3. The summed E-state index contributed by atoms with van der Waals surface area (Å²) in [5.41, 5.74) is 0.115. The molecule has 7 nitrogen and oxygen atoms in total. The smallest absolute Gasteiger partial charge is 0.342 e. The molecule has 2 N–H and O–H groups in total. The molecule has 21 heavy (non-hydrogen) atoms. The summed E-state index contributed by atoms with van der Waals surface area (Å²) in [6, 6.07) is 4.46. The Morgan fingerprint density at radius 1 is 1.24 bits per heavy atom. The van der Waals surface area contributed by atoms with Crippen molar-refractivity contribution in [2.45, 2.75) is 0 Å². The zero-order valence-electron chi connectivity index (χ0n) is 11.6. The molecule has 0 aliphatic carbocycles. The van der Waals surface area contributed by atoms with Crippen molar-refractivity contribution in [3.63, 3.8) is 0 Å². The van der Waals surface area contributed by atoms with Gasteiger partial charge in [-0.15, -0.1) is 0 Å². The van der Waals surface area contributed by atoms with Gasteiger partial charge in [-0.3, -0.25) is 9.59 Å². The molecule has 1 aromatic rings. The van der Waals surface area contributed by atoms with Crippen LogP contribution in [0.3, 0.4) is 0 Å². The molecule has 0 spiro atoms. The van der Waals surface area contributed by atoms with Crippen molar-refractivity contribution in [2.24, 2.45) is 0 Å². The van der Waals surface area contributed by atoms with Crippen LogP contribution in [0, 0.1) is 0 Å². The van der Waals surface area contributed by atoms with E-state index in [4.69, 9.17) is 21.1 Å². The highest BCUT2D eigenvalue weighted by Crippen LogP contribution is 2.23. The van der Waals surface area contributed by atoms with E-state index >= 15 is 0 Å². The fraction of sp³-hybridized carbons (Fsp3) is 0.308. The molecule has 0 aliphatic heterocycles. The molecule has 0 aliphatic rings. The molecule has 1 rings (SSSR count). The largest absolute Gasteiger partial charge is 0.496 e. The van der Waals surface area contributed by atoms with Crippen molar-refractivity contribution in [2.75, 3.05) is 27.3 Å². The molecule has 0 bridgehead atoms. The van der Waals surface area contributed by atoms with Crippen LogP contribution in [0.5, 0.6) is 5.75 Å². The van der Waals surface area contributed by atoms with Crippen LogP contribution in [-0.4, -0.2) is 45.1 Å². The zero-order valence-corrected chi connectivity index (χ0v) is 12.3. The van der Waals surface area contributed by atoms with Crippen molar-refractivity contribution in [3.8, 4) is 5.75 Å². The molecule has 0 radical (unpaired) electrons. The molecule has 0 aromatic heterocycles. The van der Waals surface area contributed by atoms with Crippen LogP contribution in [0.4, 0.5) is 0 Å². The first kappa shape index (κ1) is 16.8. The summed E-state index contributed by atoms with van der Waals surface area (Å²) in [5.74, 6) is -1.40. The van der Waals surface area contributed by atoms with Gasteiger partial charge in [-0.1, -0.05) is 11.6 Å². The van der Waals surface area contributed by atoms with E-state index < -0.39 is 18.5 Å². The van der Waals surface area contributed by atoms with E-state index in [2.05, 4.69) is 10.6 Å². The number of carbonyl (C=O) groups excluding carboxylic acids is 3. The Morgan fingerprint density at radius 2 is 1.95 bits per heavy atom. The summed E-state index contributed by atoms with van der Waals surface area (Å²) in [7, 11) is 2.84. The lowest BCUT2D eigenvalue weighted by atomic mass is 10.2. The molecule has 1 aromatic carbocycles. The number of halogens is 1. The number of hydrogen-bond donors (Lipinski definition) is 2. The van der Waals surface area contributed by atoms with E-state index in [1.54, 1.807) is 6.07 Å². The predicted octanol–water partition coefficient (Wildman–Crippen LogP) is 0.368. The second-order valence-corrected chi connectivity index (χ2v) is 4.31. The van der Waals surface area contributed by atoms with Crippen LogP contribution in [0.1, 0.15) is 10.4 Å². The summed E-state index contributed by atoms with van der Waals surface area (Å²) in [4.78, 5) is 34.2. The number of methoxy groups -OCH3 is 1. The van der Waals surface area contributed by atoms with Gasteiger partial charge in [-0.25, -0.2) is 4.79 Å². The lowest BCUT2D eigenvalue weighted by molar-refractivity contribution is -0.127. The Kier molecular flexibility index (Phi) is 6.48. The van der Waals surface area contributed by atoms with Crippen LogP contribution in [0.2, 0.25) is 5.02 Å². The van der Waals surface area contributed by atoms with E-state index in [1.807, 2.05) is 0 Å². The molecule has 0 unspecified atom stereocenters. The van der Waals surface area contributed by atoms with Crippen molar-refractivity contribution >= 4 is 29.4 Å². The molecule has 0 fully saturated rings. The van der Waals surface area contributed by atoms with Gasteiger partial charge in [-0.05, 0) is 18.2 Å². The molecular weight excluding hydrogens is 300 g/mol. The minimum absolute atomic E-state index is 0.115. The standard InChI is InChI=1S/C13H15ClN2O5/c1-15-11(17)6-16-12(18)7-21-13(19)9-5-8(14)3-4-10(9)20-2/h3-5H,6-7H2,1-2H3,(H,15,17)(H,16,18). The van der Waals surface area contributed by atoms with Crippen molar-refractivity contribution in [1.29, 1.82) is 0 Å². The highest BCUT2D eigenvalue weighted by molar-refractivity contribution is 6.31. The third-order valence-electron chi connectivity index (χ3n) is 2.44. The molecule has 0 atom stereocenters. The van der Waals surface area contributed by atoms with Gasteiger partial charge in [0.2, 0.25) is 5.91 Å². The lowest BCUT2D eigenvalue weighted by Crippen LogP contribution is -2.37. The van der Waals surface area contributed by atoms with Gasteiger partial charge >= 0.3 is 5.97 Å². The third-order valence-corrected chi connectivity index (χ3v) is 2.68. The number of nitrogens with one attached hydrogen (secondary N) is 2. The number of benzene rings is 1. The van der Waals surface area contributed by atoms with E-state index in [1.165, 1.54) is 26.3 Å². The highest BCUT2D eigenvalue weighted by Gasteiger charge is 2.16. The second kappa shape index (κ2) is 8.11. The number of ether oxygens (including phenoxy) is 2. The quantitative estimate of drug-likeness (QED) is 0.740. The summed E-state index contributed by atoms with van der Waals surface area (Å²) < 4.78 is 9.84. The molecule has 8 heteroatoms. The Morgan fingerprint density at radius 3 is 2.57 bits per heavy atom. The van der Waals surface area contributed by atoms with Gasteiger partial charge in [0.05, 0.1) is 13.7 Å². The first-order chi connectivity index (χ1) is 9.97. The van der Waals surface area contributed by atoms with Crippen LogP contribution < -0.4 is 15.4 Å². The molecule has 0 saturated carbocycles. The van der Waals surface area contributed by atoms with Gasteiger partial charge in [0.1, 0.15) is 11.3 Å². The number of rotatable bonds is 6. The Balaban J connectivity index is 2.56. The maximum absolute atomic E-state index is 11.9. The fourth-order valence-electron chi connectivity index (χ4n) is 1.37. The van der Waals surface area contributed by atoms with E-state index in [-0.39, 0.29) is 23.8 Å². The zero-order chi connectivity index (χ0) is 15.8. The summed E-state index contributed by atoms with van der Waals surface area (Å²) in [5, 5.41) is 4.97. The van der Waals surface area contributed by atoms with E-state index in [0.29, 0.717) is 5.02 Å². The number of likely N-dealkylation sites (N-methyl/N-ethyl adjacent to an activating group) is 1. The minimum Gasteiger partial charge on any atom is -0.496 e. The van der Waals surface area contributed by atoms with Gasteiger partial charge in [0.25, 0.3) is 5.91 Å². The topological polar surface area (TPSA) is 93.7 Å². The van der Waals surface area contributed by atoms with Gasteiger partial charge in [0, 0.05) is 12.1 Å². The molecule has 114 valence electrons. The SMILES string of the molecule is CNC(=O)CNC(=O)COC(=O)c1cc(Cl)ccc1OC. The minimum atomic E-state index is -0.746. The van der Waals surface area contributed by atoms with Gasteiger partial charge in [0.15, 0.2) is 6.61 Å². The summed E-state index contributed by atoms with van der Waals surface area (Å²) >= 11 is 5.79. The first-order valence-electron chi connectivity index (χ1n) is 5.96. The van der Waals surface area contributed by atoms with E-state index in [0.717, 1.165) is 0 Å². The monoisotopic (exact) mass is 314 g/mol. The summed E-state index contributed by atoms with van der Waals surface area (Å²) in [6.45, 7) is -0.696. The molecule has 0 saturated heterocycles. The number of amides is 2. The third kappa shape index (κ3) is 5.31. The number of esters is 1. The maximum atomic E-state index is 11.9. The van der Waals surface area contributed by atoms with Gasteiger partial charge < -0.3 is 20.1 Å². The Labute approximate surface area is 126 Å². The van der Waals surface area contributed by atoms with Crippen LogP contribution in [-0.2, 0) is 14.3 Å². The van der Waals surface area contributed by atoms with E-state index in [9.17, 15) is 14.4 Å². The average Bonchev–Trinajstić information content (AvgIpc) is 2.49. The highest BCUT2D eigenvalue weighted by atomic mass is 35.5. The number of hydrogen-bond acceptors (Lipinski definition) is 5. The summed E-state index contributed by atoms with van der Waals surface area (Å²) in [6.07, 6.45) is 0. The second-order valence-electron chi connectivity index (χ2n) is 3.87. The lowest BCUT2D eigenvalue weighted by Gasteiger charge is -2.09. The molecule has 0 heterocycles. The van der Waals surface area contributed by atoms with Gasteiger partial charge in [-0.2, -0.15) is 0 Å². The van der Waals surface area contributed by atoms with Crippen LogP contribution in [0.15, 0.2) is 18.2 Å². The Bertz CT molecular complexity index is 547. The average molecular weight is 315 g/mol. The molecular formula is C13H15ClN2O5. The normalized spacial score (nSPS) is 9.67. The predicted molar refractivity (Wildman–Crippen MR) is 75.4 cm³/mol. The van der Waals surface area contributed by atoms with Crippen molar-refractivity contribution in [3.05, 3.63) is 28.8 Å². The fourth-order valence-corrected chi connectivity index (χ4v) is 1.54. The molecule has 2 amide bonds. The van der Waals surface area contributed by atoms with Crippen molar-refractivity contribution in [1.82, 2.24) is 10.6 Å². The Hall–Kier alpha value is -2.28. The first-order valence-corrected chi connectivity index (χ1v) is 6.33. The van der Waals surface area contributed by atoms with Crippen LogP contribution >= 0.6 is 11.6 Å². The van der Waals surface area contributed by atoms with Crippen LogP contribution in [0.25, 0.3) is 0 Å². The maximum Gasteiger partial charge on any atom is 0.342 e.